The highest BCUT2D eigenvalue weighted by molar-refractivity contribution is 6.30. The summed E-state index contributed by atoms with van der Waals surface area (Å²) in [6, 6.07) is 12.8. The number of rotatable bonds is 4. The van der Waals surface area contributed by atoms with Crippen molar-refractivity contribution in [2.75, 3.05) is 5.32 Å². The molecule has 0 aliphatic heterocycles. The first kappa shape index (κ1) is 15.8. The van der Waals surface area contributed by atoms with Gasteiger partial charge in [0.25, 0.3) is 5.91 Å². The van der Waals surface area contributed by atoms with E-state index >= 15 is 0 Å². The maximum absolute atomic E-state index is 13.2. The molecule has 0 radical (unpaired) electrons. The zero-order chi connectivity index (χ0) is 17.4. The molecule has 4 nitrogen and oxygen atoms in total. The normalized spacial score (nSPS) is 13.7. The summed E-state index contributed by atoms with van der Waals surface area (Å²) in [5, 5.41) is 10.9. The van der Waals surface area contributed by atoms with Crippen molar-refractivity contribution in [3.63, 3.8) is 0 Å². The van der Waals surface area contributed by atoms with E-state index in [-0.39, 0.29) is 11.7 Å². The molecule has 0 bridgehead atoms. The quantitative estimate of drug-likeness (QED) is 0.692. The number of amides is 1. The number of carbonyl (C=O) groups excluding carboxylic acids is 1. The van der Waals surface area contributed by atoms with E-state index in [0.29, 0.717) is 27.9 Å². The van der Waals surface area contributed by atoms with Crippen LogP contribution in [0.1, 0.15) is 34.8 Å². The molecular weight excluding hydrogens is 341 g/mol. The second kappa shape index (κ2) is 6.33. The standard InChI is InChI=1S/C19H15ClFN3O/c20-14-7-3-13(4-8-14)19(25)22-18-16(11-1-2-11)23-24-17(18)12-5-9-15(21)10-6-12/h3-11H,1-2H2,(H,22,25)(H,23,24). The van der Waals surface area contributed by atoms with Crippen LogP contribution in [0.15, 0.2) is 48.5 Å². The monoisotopic (exact) mass is 355 g/mol. The van der Waals surface area contributed by atoms with Gasteiger partial charge >= 0.3 is 0 Å². The third-order valence-electron chi connectivity index (χ3n) is 4.24. The number of aromatic amines is 1. The van der Waals surface area contributed by atoms with Crippen LogP contribution in [0, 0.1) is 5.82 Å². The van der Waals surface area contributed by atoms with Crippen molar-refractivity contribution in [1.29, 1.82) is 0 Å². The Kier molecular flexibility index (Phi) is 4.01. The Bertz CT molecular complexity index is 915. The lowest BCUT2D eigenvalue weighted by Gasteiger charge is -2.08. The van der Waals surface area contributed by atoms with Crippen LogP contribution in [-0.2, 0) is 0 Å². The summed E-state index contributed by atoms with van der Waals surface area (Å²) in [6.07, 6.45) is 2.13. The smallest absolute Gasteiger partial charge is 0.255 e. The second-order valence-electron chi connectivity index (χ2n) is 6.10. The van der Waals surface area contributed by atoms with Crippen molar-refractivity contribution in [2.24, 2.45) is 0 Å². The summed E-state index contributed by atoms with van der Waals surface area (Å²) in [6.45, 7) is 0. The lowest BCUT2D eigenvalue weighted by Crippen LogP contribution is -2.13. The number of hydrogen-bond acceptors (Lipinski definition) is 2. The number of aromatic nitrogens is 2. The van der Waals surface area contributed by atoms with Gasteiger partial charge in [-0.1, -0.05) is 11.6 Å². The maximum atomic E-state index is 13.2. The van der Waals surface area contributed by atoms with Gasteiger partial charge in [-0.15, -0.1) is 0 Å². The number of nitrogens with one attached hydrogen (secondary N) is 2. The van der Waals surface area contributed by atoms with Gasteiger partial charge in [0.2, 0.25) is 0 Å². The van der Waals surface area contributed by atoms with Crippen molar-refractivity contribution < 1.29 is 9.18 Å². The topological polar surface area (TPSA) is 57.8 Å². The summed E-state index contributed by atoms with van der Waals surface area (Å²) in [5.41, 5.74) is 3.45. The van der Waals surface area contributed by atoms with Crippen LogP contribution in [0.4, 0.5) is 10.1 Å². The highest BCUT2D eigenvalue weighted by Gasteiger charge is 2.31. The Hall–Kier alpha value is -2.66. The molecule has 0 unspecified atom stereocenters. The lowest BCUT2D eigenvalue weighted by atomic mass is 10.1. The maximum Gasteiger partial charge on any atom is 0.255 e. The van der Waals surface area contributed by atoms with E-state index in [1.807, 2.05) is 0 Å². The molecule has 2 aromatic carbocycles. The van der Waals surface area contributed by atoms with Gasteiger partial charge in [-0.25, -0.2) is 4.39 Å². The van der Waals surface area contributed by atoms with E-state index in [4.69, 9.17) is 11.6 Å². The zero-order valence-corrected chi connectivity index (χ0v) is 14.0. The number of benzene rings is 2. The molecule has 3 aromatic rings. The number of halogens is 2. The van der Waals surface area contributed by atoms with E-state index < -0.39 is 0 Å². The Morgan fingerprint density at radius 3 is 2.44 bits per heavy atom. The van der Waals surface area contributed by atoms with Crippen LogP contribution in [0.25, 0.3) is 11.3 Å². The third kappa shape index (κ3) is 3.28. The molecule has 6 heteroatoms. The lowest BCUT2D eigenvalue weighted by molar-refractivity contribution is 0.102. The third-order valence-corrected chi connectivity index (χ3v) is 4.49. The fourth-order valence-corrected chi connectivity index (χ4v) is 2.88. The van der Waals surface area contributed by atoms with Gasteiger partial charge in [0.05, 0.1) is 11.4 Å². The van der Waals surface area contributed by atoms with Gasteiger partial charge in [0, 0.05) is 22.1 Å². The minimum absolute atomic E-state index is 0.233. The van der Waals surface area contributed by atoms with E-state index in [2.05, 4.69) is 15.5 Å². The van der Waals surface area contributed by atoms with E-state index in [1.54, 1.807) is 36.4 Å². The highest BCUT2D eigenvalue weighted by Crippen LogP contribution is 2.45. The fraction of sp³-hybridized carbons (Fsp3) is 0.158. The van der Waals surface area contributed by atoms with Crippen molar-refractivity contribution in [1.82, 2.24) is 10.2 Å². The van der Waals surface area contributed by atoms with Crippen LogP contribution >= 0.6 is 11.6 Å². The summed E-state index contributed by atoms with van der Waals surface area (Å²) in [7, 11) is 0. The minimum atomic E-state index is -0.312. The molecule has 1 heterocycles. The van der Waals surface area contributed by atoms with Crippen molar-refractivity contribution in [2.45, 2.75) is 18.8 Å². The molecule has 0 saturated heterocycles. The van der Waals surface area contributed by atoms with Crippen LogP contribution in [-0.4, -0.2) is 16.1 Å². The molecule has 1 aliphatic carbocycles. The van der Waals surface area contributed by atoms with Crippen LogP contribution in [0.2, 0.25) is 5.02 Å². The van der Waals surface area contributed by atoms with Crippen LogP contribution in [0.3, 0.4) is 0 Å². The van der Waals surface area contributed by atoms with Gasteiger partial charge < -0.3 is 5.32 Å². The average Bonchev–Trinajstić information content (AvgIpc) is 3.37. The van der Waals surface area contributed by atoms with Gasteiger partial charge in [-0.2, -0.15) is 5.10 Å². The first-order valence-corrected chi connectivity index (χ1v) is 8.41. The Labute approximate surface area is 149 Å². The SMILES string of the molecule is O=C(Nc1c(-c2ccc(F)cc2)n[nH]c1C1CC1)c1ccc(Cl)cc1. The largest absolute Gasteiger partial charge is 0.319 e. The van der Waals surface area contributed by atoms with Gasteiger partial charge in [0.15, 0.2) is 0 Å². The van der Waals surface area contributed by atoms with Crippen molar-refractivity contribution in [3.8, 4) is 11.3 Å². The molecular formula is C19H15ClFN3O. The van der Waals surface area contributed by atoms with E-state index in [9.17, 15) is 9.18 Å². The molecule has 0 atom stereocenters. The predicted molar refractivity (Wildman–Crippen MR) is 95.4 cm³/mol. The first-order chi connectivity index (χ1) is 12.1. The number of carbonyl (C=O) groups is 1. The van der Waals surface area contributed by atoms with Gasteiger partial charge in [-0.3, -0.25) is 9.89 Å². The number of nitrogens with zero attached hydrogens (tertiary/aromatic N) is 1. The van der Waals surface area contributed by atoms with E-state index in [1.165, 1.54) is 12.1 Å². The summed E-state index contributed by atoms with van der Waals surface area (Å²) in [4.78, 5) is 12.6. The molecule has 0 spiro atoms. The first-order valence-electron chi connectivity index (χ1n) is 8.03. The number of H-pyrrole nitrogens is 1. The Balaban J connectivity index is 1.69. The van der Waals surface area contributed by atoms with Gasteiger partial charge in [-0.05, 0) is 61.4 Å². The Morgan fingerprint density at radius 1 is 1.12 bits per heavy atom. The average molecular weight is 356 g/mol. The molecule has 1 aliphatic rings. The molecule has 4 rings (SSSR count). The molecule has 1 amide bonds. The molecule has 1 fully saturated rings. The van der Waals surface area contributed by atoms with Gasteiger partial charge in [0.1, 0.15) is 11.5 Å². The highest BCUT2D eigenvalue weighted by atomic mass is 35.5. The second-order valence-corrected chi connectivity index (χ2v) is 6.54. The molecule has 2 N–H and O–H groups in total. The molecule has 1 saturated carbocycles. The van der Waals surface area contributed by atoms with Crippen LogP contribution in [0.5, 0.6) is 0 Å². The van der Waals surface area contributed by atoms with Crippen molar-refractivity contribution in [3.05, 3.63) is 70.6 Å². The summed E-state index contributed by atoms with van der Waals surface area (Å²) < 4.78 is 13.2. The van der Waals surface area contributed by atoms with E-state index in [0.717, 1.165) is 24.1 Å². The Morgan fingerprint density at radius 2 is 1.80 bits per heavy atom. The summed E-state index contributed by atoms with van der Waals surface area (Å²) in [5.74, 6) is -0.168. The molecule has 25 heavy (non-hydrogen) atoms. The molecule has 126 valence electrons. The predicted octanol–water partition coefficient (Wildman–Crippen LogP) is 5.00. The summed E-state index contributed by atoms with van der Waals surface area (Å²) >= 11 is 5.87. The fourth-order valence-electron chi connectivity index (χ4n) is 2.75. The van der Waals surface area contributed by atoms with Crippen molar-refractivity contribution >= 4 is 23.2 Å². The van der Waals surface area contributed by atoms with Crippen LogP contribution < -0.4 is 5.32 Å². The number of anilines is 1. The number of hydrogen-bond donors (Lipinski definition) is 2. The zero-order valence-electron chi connectivity index (χ0n) is 13.2. The molecule has 1 aromatic heterocycles. The minimum Gasteiger partial charge on any atom is -0.319 e.